The van der Waals surface area contributed by atoms with Crippen molar-refractivity contribution in [3.8, 4) is 10.4 Å². The van der Waals surface area contributed by atoms with Crippen molar-refractivity contribution < 1.29 is 23.8 Å². The van der Waals surface area contributed by atoms with E-state index in [1.54, 1.807) is 48.1 Å². The van der Waals surface area contributed by atoms with Crippen molar-refractivity contribution in [3.05, 3.63) is 107 Å². The number of carbonyl (C=O) groups is 2. The van der Waals surface area contributed by atoms with Crippen LogP contribution < -0.4 is 0 Å². The Morgan fingerprint density at radius 3 is 2.33 bits per heavy atom. The lowest BCUT2D eigenvalue weighted by Gasteiger charge is -2.19. The smallest absolute Gasteiger partial charge is 0.338 e. The molecule has 0 amide bonds. The van der Waals surface area contributed by atoms with Gasteiger partial charge in [-0.25, -0.2) is 19.6 Å². The van der Waals surface area contributed by atoms with Crippen LogP contribution in [0.2, 0.25) is 0 Å². The molecule has 8 nitrogen and oxygen atoms in total. The van der Waals surface area contributed by atoms with E-state index in [0.29, 0.717) is 23.2 Å². The molecule has 40 heavy (non-hydrogen) atoms. The van der Waals surface area contributed by atoms with Crippen molar-refractivity contribution in [3.63, 3.8) is 0 Å². The summed E-state index contributed by atoms with van der Waals surface area (Å²) in [5, 5.41) is 2.02. The van der Waals surface area contributed by atoms with Gasteiger partial charge in [0.15, 0.2) is 5.65 Å². The minimum absolute atomic E-state index is 0.0739. The number of nitrogens with zero attached hydrogens (tertiary/aromatic N) is 3. The maximum absolute atomic E-state index is 13.0. The van der Waals surface area contributed by atoms with Crippen molar-refractivity contribution in [2.24, 2.45) is 0 Å². The molecule has 202 valence electrons. The van der Waals surface area contributed by atoms with Gasteiger partial charge in [0, 0.05) is 23.1 Å². The van der Waals surface area contributed by atoms with Gasteiger partial charge in [-0.3, -0.25) is 4.57 Å². The molecule has 5 aromatic rings. The third kappa shape index (κ3) is 5.25. The summed E-state index contributed by atoms with van der Waals surface area (Å²) in [7, 11) is 0. The first-order valence-corrected chi connectivity index (χ1v) is 13.9. The van der Waals surface area contributed by atoms with E-state index in [1.165, 1.54) is 0 Å². The van der Waals surface area contributed by atoms with E-state index in [9.17, 15) is 9.59 Å². The SMILES string of the molecule is Cc1ccc(C(=O)OCC2O[C@@H](n3cnc4c(-c5cccs5)ccnc43)CC2OC(=O)c2ccc(C)cc2)cc1. The van der Waals surface area contributed by atoms with E-state index in [-0.39, 0.29) is 6.61 Å². The topological polar surface area (TPSA) is 92.5 Å². The van der Waals surface area contributed by atoms with Gasteiger partial charge in [0.2, 0.25) is 0 Å². The van der Waals surface area contributed by atoms with Gasteiger partial charge in [0.05, 0.1) is 17.5 Å². The minimum Gasteiger partial charge on any atom is -0.459 e. The van der Waals surface area contributed by atoms with Gasteiger partial charge in [-0.1, -0.05) is 41.5 Å². The number of hydrogen-bond acceptors (Lipinski definition) is 8. The number of aromatic nitrogens is 3. The Balaban J connectivity index is 1.25. The molecule has 1 aliphatic rings. The number of rotatable bonds is 7. The summed E-state index contributed by atoms with van der Waals surface area (Å²) in [6.07, 6.45) is 1.95. The zero-order valence-corrected chi connectivity index (χ0v) is 22.8. The van der Waals surface area contributed by atoms with Crippen LogP contribution >= 0.6 is 11.3 Å². The molecule has 1 aliphatic heterocycles. The molecule has 4 heterocycles. The first-order chi connectivity index (χ1) is 19.5. The molecule has 0 N–H and O–H groups in total. The summed E-state index contributed by atoms with van der Waals surface area (Å²) in [6, 6.07) is 20.3. The Labute approximate surface area is 235 Å². The molecule has 6 rings (SSSR count). The zero-order valence-electron chi connectivity index (χ0n) is 22.0. The average molecular weight is 554 g/mol. The maximum atomic E-state index is 13.0. The first-order valence-electron chi connectivity index (χ1n) is 13.0. The molecule has 1 fully saturated rings. The van der Waals surface area contributed by atoms with Crippen LogP contribution in [0.4, 0.5) is 0 Å². The highest BCUT2D eigenvalue weighted by Gasteiger charge is 2.40. The largest absolute Gasteiger partial charge is 0.459 e. The van der Waals surface area contributed by atoms with Gasteiger partial charge in [0.1, 0.15) is 30.6 Å². The number of hydrogen-bond donors (Lipinski definition) is 0. The van der Waals surface area contributed by atoms with Crippen LogP contribution in [0.5, 0.6) is 0 Å². The highest BCUT2D eigenvalue weighted by atomic mass is 32.1. The Morgan fingerprint density at radius 1 is 0.950 bits per heavy atom. The summed E-state index contributed by atoms with van der Waals surface area (Å²) in [5.41, 5.74) is 5.39. The van der Waals surface area contributed by atoms with Crippen LogP contribution in [0.25, 0.3) is 21.6 Å². The van der Waals surface area contributed by atoms with E-state index in [1.807, 2.05) is 66.3 Å². The molecule has 0 aliphatic carbocycles. The molecular weight excluding hydrogens is 526 g/mol. The molecular formula is C31H27N3O5S. The Morgan fingerprint density at radius 2 is 1.65 bits per heavy atom. The second-order valence-corrected chi connectivity index (χ2v) is 10.7. The van der Waals surface area contributed by atoms with Crippen molar-refractivity contribution in [1.29, 1.82) is 0 Å². The Hall–Kier alpha value is -4.34. The molecule has 1 saturated heterocycles. The van der Waals surface area contributed by atoms with E-state index in [2.05, 4.69) is 9.97 Å². The summed E-state index contributed by atoms with van der Waals surface area (Å²) < 4.78 is 19.7. The fourth-order valence-electron chi connectivity index (χ4n) is 4.75. The highest BCUT2D eigenvalue weighted by molar-refractivity contribution is 7.13. The van der Waals surface area contributed by atoms with Crippen molar-refractivity contribution in [2.45, 2.75) is 38.7 Å². The molecule has 3 atom stereocenters. The van der Waals surface area contributed by atoms with Crippen LogP contribution in [0.3, 0.4) is 0 Å². The fourth-order valence-corrected chi connectivity index (χ4v) is 5.50. The van der Waals surface area contributed by atoms with E-state index in [0.717, 1.165) is 27.1 Å². The van der Waals surface area contributed by atoms with E-state index >= 15 is 0 Å². The highest BCUT2D eigenvalue weighted by Crippen LogP contribution is 2.36. The third-order valence-corrected chi connectivity index (χ3v) is 7.85. The summed E-state index contributed by atoms with van der Waals surface area (Å²) >= 11 is 1.63. The summed E-state index contributed by atoms with van der Waals surface area (Å²) in [4.78, 5) is 36.0. The molecule has 2 aromatic carbocycles. The first kappa shape index (κ1) is 25.9. The van der Waals surface area contributed by atoms with Crippen molar-refractivity contribution in [1.82, 2.24) is 14.5 Å². The maximum Gasteiger partial charge on any atom is 0.338 e. The number of fused-ring (bicyclic) bond motifs is 1. The standard InChI is InChI=1S/C31H27N3O5S/c1-19-5-9-21(10-6-19)30(35)37-17-25-24(39-31(36)22-11-7-20(2)8-12-22)16-27(38-25)34-18-33-28-23(13-14-32-29(28)34)26-4-3-15-40-26/h3-15,18,24-25,27H,16-17H2,1-2H3/t24?,25?,27-/m1/s1. The Bertz CT molecular complexity index is 1650. The van der Waals surface area contributed by atoms with Crippen LogP contribution in [0.1, 0.15) is 44.5 Å². The van der Waals surface area contributed by atoms with E-state index < -0.39 is 30.4 Å². The number of ether oxygens (including phenoxy) is 3. The second kappa shape index (κ2) is 11.0. The molecule has 2 unspecified atom stereocenters. The average Bonchev–Trinajstić information content (AvgIpc) is 3.72. The molecule has 0 radical (unpaired) electrons. The van der Waals surface area contributed by atoms with Crippen LogP contribution in [0, 0.1) is 13.8 Å². The lowest BCUT2D eigenvalue weighted by Crippen LogP contribution is -2.32. The van der Waals surface area contributed by atoms with Gasteiger partial charge in [0.25, 0.3) is 0 Å². The number of carbonyl (C=O) groups excluding carboxylic acids is 2. The summed E-state index contributed by atoms with van der Waals surface area (Å²) in [6.45, 7) is 3.83. The predicted molar refractivity (Wildman–Crippen MR) is 151 cm³/mol. The molecule has 0 bridgehead atoms. The number of benzene rings is 2. The van der Waals surface area contributed by atoms with Gasteiger partial charge in [-0.2, -0.15) is 0 Å². The van der Waals surface area contributed by atoms with Gasteiger partial charge >= 0.3 is 11.9 Å². The zero-order chi connectivity index (χ0) is 27.6. The minimum atomic E-state index is -0.674. The van der Waals surface area contributed by atoms with Gasteiger partial charge in [-0.05, 0) is 55.6 Å². The molecule has 0 saturated carbocycles. The quantitative estimate of drug-likeness (QED) is 0.223. The van der Waals surface area contributed by atoms with Crippen molar-refractivity contribution in [2.75, 3.05) is 6.61 Å². The van der Waals surface area contributed by atoms with Gasteiger partial charge < -0.3 is 14.2 Å². The number of thiophene rings is 1. The summed E-state index contributed by atoms with van der Waals surface area (Å²) in [5.74, 6) is -0.927. The third-order valence-electron chi connectivity index (χ3n) is 6.95. The lowest BCUT2D eigenvalue weighted by atomic mass is 10.1. The Kier molecular flexibility index (Phi) is 7.15. The van der Waals surface area contributed by atoms with Crippen molar-refractivity contribution >= 4 is 34.4 Å². The van der Waals surface area contributed by atoms with E-state index in [4.69, 9.17) is 14.2 Å². The number of imidazole rings is 1. The van der Waals surface area contributed by atoms with Crippen LogP contribution in [-0.4, -0.2) is 45.3 Å². The number of pyridine rings is 1. The monoisotopic (exact) mass is 553 g/mol. The van der Waals surface area contributed by atoms with Crippen LogP contribution in [-0.2, 0) is 14.2 Å². The lowest BCUT2D eigenvalue weighted by molar-refractivity contribution is -0.0563. The van der Waals surface area contributed by atoms with Gasteiger partial charge in [-0.15, -0.1) is 11.3 Å². The number of esters is 2. The molecule has 0 spiro atoms. The number of aryl methyl sites for hydroxylation is 2. The fraction of sp³-hybridized carbons (Fsp3) is 0.226. The second-order valence-electron chi connectivity index (χ2n) is 9.80. The van der Waals surface area contributed by atoms with Crippen LogP contribution in [0.15, 0.2) is 84.6 Å². The molecule has 9 heteroatoms. The predicted octanol–water partition coefficient (Wildman–Crippen LogP) is 6.15. The normalized spacial score (nSPS) is 18.6. The molecule has 3 aromatic heterocycles.